The summed E-state index contributed by atoms with van der Waals surface area (Å²) >= 11 is -0.959. The molecule has 0 spiro atoms. The number of ether oxygens (including phenoxy) is 3. The summed E-state index contributed by atoms with van der Waals surface area (Å²) in [6, 6.07) is 6.43. The molecule has 2 aromatic heterocycles. The van der Waals surface area contributed by atoms with E-state index >= 15 is 8.78 Å². The average Bonchev–Trinajstić information content (AvgIpc) is 3.50. The summed E-state index contributed by atoms with van der Waals surface area (Å²) in [5, 5.41) is 1.59. The van der Waals surface area contributed by atoms with E-state index in [9.17, 15) is 8.94 Å². The Balaban J connectivity index is 1.38. The van der Waals surface area contributed by atoms with E-state index in [1.54, 1.807) is 18.2 Å². The van der Waals surface area contributed by atoms with Crippen molar-refractivity contribution >= 4 is 38.7 Å². The molecule has 5 heterocycles. The normalized spacial score (nSPS) is 23.4. The molecule has 0 aliphatic carbocycles. The van der Waals surface area contributed by atoms with Crippen molar-refractivity contribution < 1.29 is 31.9 Å². The van der Waals surface area contributed by atoms with Crippen molar-refractivity contribution in [1.82, 2.24) is 19.9 Å². The van der Waals surface area contributed by atoms with Crippen molar-refractivity contribution in [3.05, 3.63) is 47.7 Å². The van der Waals surface area contributed by atoms with Gasteiger partial charge in [-0.3, -0.25) is 9.88 Å². The van der Waals surface area contributed by atoms with Gasteiger partial charge in [-0.1, -0.05) is 24.2 Å². The second-order valence-electron chi connectivity index (χ2n) is 12.6. The van der Waals surface area contributed by atoms with Crippen molar-refractivity contribution in [3.63, 3.8) is 0 Å². The predicted octanol–water partition coefficient (Wildman–Crippen LogP) is 5.58. The van der Waals surface area contributed by atoms with Crippen molar-refractivity contribution in [1.29, 1.82) is 0 Å². The van der Waals surface area contributed by atoms with Gasteiger partial charge < -0.3 is 23.7 Å². The fourth-order valence-electron chi connectivity index (χ4n) is 7.45. The predicted molar refractivity (Wildman–Crippen MR) is 175 cm³/mol. The minimum atomic E-state index is -0.959. The van der Waals surface area contributed by atoms with Gasteiger partial charge in [-0.05, 0) is 60.3 Å². The molecule has 1 unspecified atom stereocenters. The molecule has 47 heavy (non-hydrogen) atoms. The zero-order valence-electron chi connectivity index (χ0n) is 26.6. The van der Waals surface area contributed by atoms with Crippen LogP contribution in [0.25, 0.3) is 32.9 Å². The van der Waals surface area contributed by atoms with Crippen molar-refractivity contribution in [2.45, 2.75) is 50.7 Å². The molecule has 4 aromatic rings. The van der Waals surface area contributed by atoms with Gasteiger partial charge in [-0.25, -0.2) is 13.2 Å². The third kappa shape index (κ3) is 6.07. The van der Waals surface area contributed by atoms with Crippen LogP contribution in [0.2, 0.25) is 0 Å². The first-order valence-corrected chi connectivity index (χ1v) is 17.6. The number of alkyl halides is 1. The van der Waals surface area contributed by atoms with Gasteiger partial charge in [0, 0.05) is 44.8 Å². The third-order valence-corrected chi connectivity index (χ3v) is 11.0. The molecule has 0 bridgehead atoms. The lowest BCUT2D eigenvalue weighted by atomic mass is 9.94. The summed E-state index contributed by atoms with van der Waals surface area (Å²) in [6.07, 6.45) is 3.81. The van der Waals surface area contributed by atoms with E-state index in [1.165, 1.54) is 19.4 Å². The first-order valence-electron chi connectivity index (χ1n) is 16.2. The number of hydrogen-bond acceptors (Lipinski definition) is 9. The molecule has 2 aromatic carbocycles. The van der Waals surface area contributed by atoms with E-state index in [0.29, 0.717) is 89.3 Å². The zero-order chi connectivity index (χ0) is 32.7. The molecule has 9 nitrogen and oxygen atoms in total. The maximum Gasteiger partial charge on any atom is 0.319 e. The van der Waals surface area contributed by atoms with E-state index in [0.717, 1.165) is 19.4 Å². The largest absolute Gasteiger partial charge is 0.616 e. The summed E-state index contributed by atoms with van der Waals surface area (Å²) in [4.78, 5) is 18.1. The summed E-state index contributed by atoms with van der Waals surface area (Å²) in [7, 11) is 1.50. The molecule has 250 valence electrons. The molecule has 0 N–H and O–H groups in total. The number of benzene rings is 2. The van der Waals surface area contributed by atoms with Gasteiger partial charge in [0.1, 0.15) is 52.9 Å². The highest BCUT2D eigenvalue weighted by Crippen LogP contribution is 2.42. The molecule has 3 aliphatic rings. The standard InChI is InChI=1S/C34H38F3N5O4S/c1-3-24-27(36)7-6-21-14-23(46-20-44-2)15-25(28(21)24)30-29(37)31-26(17-38-30)32(41-9-5-12-47(43)13-11-41)40-33(39-31)45-19-34-8-4-10-42(34)18-22(35)16-34/h6-7,14-15,17,22H,3-5,8-13,16,18-20H2,1-2H3/t22-,34+,47?/m1/s1. The average molecular weight is 670 g/mol. The number of rotatable bonds is 9. The zero-order valence-corrected chi connectivity index (χ0v) is 27.4. The summed E-state index contributed by atoms with van der Waals surface area (Å²) in [6.45, 7) is 4.23. The Morgan fingerprint density at radius 2 is 1.96 bits per heavy atom. The van der Waals surface area contributed by atoms with Crippen LogP contribution >= 0.6 is 0 Å². The lowest BCUT2D eigenvalue weighted by molar-refractivity contribution is 0.0512. The smallest absolute Gasteiger partial charge is 0.319 e. The molecule has 0 amide bonds. The van der Waals surface area contributed by atoms with Crippen molar-refractivity contribution in [2.24, 2.45) is 0 Å². The van der Waals surface area contributed by atoms with E-state index in [1.807, 2.05) is 11.8 Å². The van der Waals surface area contributed by atoms with E-state index in [-0.39, 0.29) is 30.6 Å². The molecule has 3 atom stereocenters. The van der Waals surface area contributed by atoms with Crippen LogP contribution in [0.1, 0.15) is 38.2 Å². The van der Waals surface area contributed by atoms with Gasteiger partial charge in [0.2, 0.25) is 0 Å². The fraction of sp³-hybridized carbons (Fsp3) is 0.500. The van der Waals surface area contributed by atoms with Crippen LogP contribution in [0.4, 0.5) is 19.0 Å². The minimum Gasteiger partial charge on any atom is -0.616 e. The van der Waals surface area contributed by atoms with Gasteiger partial charge in [0.25, 0.3) is 0 Å². The molecule has 13 heteroatoms. The Kier molecular flexibility index (Phi) is 9.07. The number of hydrogen-bond donors (Lipinski definition) is 0. The van der Waals surface area contributed by atoms with Crippen LogP contribution < -0.4 is 14.4 Å². The van der Waals surface area contributed by atoms with Crippen LogP contribution in [0.5, 0.6) is 11.8 Å². The first-order chi connectivity index (χ1) is 22.8. The van der Waals surface area contributed by atoms with E-state index in [4.69, 9.17) is 19.2 Å². The molecular weight excluding hydrogens is 631 g/mol. The summed E-state index contributed by atoms with van der Waals surface area (Å²) < 4.78 is 76.0. The molecule has 0 radical (unpaired) electrons. The third-order valence-electron chi connectivity index (χ3n) is 9.66. The molecule has 7 rings (SSSR count). The van der Waals surface area contributed by atoms with Gasteiger partial charge in [0.05, 0.1) is 17.5 Å². The van der Waals surface area contributed by atoms with Gasteiger partial charge in [-0.15, -0.1) is 0 Å². The van der Waals surface area contributed by atoms with Crippen LogP contribution in [0.15, 0.2) is 30.5 Å². The van der Waals surface area contributed by atoms with Crippen LogP contribution in [0.3, 0.4) is 0 Å². The number of anilines is 1. The molecule has 3 saturated heterocycles. The molecule has 3 aliphatic heterocycles. The molecular formula is C34H38F3N5O4S. The second-order valence-corrected chi connectivity index (χ2v) is 14.3. The summed E-state index contributed by atoms with van der Waals surface area (Å²) in [5.74, 6) is 0.785. The van der Waals surface area contributed by atoms with E-state index < -0.39 is 34.5 Å². The molecule has 0 saturated carbocycles. The lowest BCUT2D eigenvalue weighted by Crippen LogP contribution is -2.43. The highest BCUT2D eigenvalue weighted by Gasteiger charge is 2.49. The quantitative estimate of drug-likeness (QED) is 0.167. The number of nitrogens with zero attached hydrogens (tertiary/aromatic N) is 5. The second kappa shape index (κ2) is 13.3. The van der Waals surface area contributed by atoms with Gasteiger partial charge in [-0.2, -0.15) is 9.97 Å². The first kappa shape index (κ1) is 32.2. The number of aromatic nitrogens is 3. The van der Waals surface area contributed by atoms with E-state index in [2.05, 4.69) is 14.9 Å². The van der Waals surface area contributed by atoms with Crippen LogP contribution in [-0.2, 0) is 22.3 Å². The molecule has 3 fully saturated rings. The maximum absolute atomic E-state index is 17.0. The maximum atomic E-state index is 17.0. The Hall–Kier alpha value is -3.39. The van der Waals surface area contributed by atoms with Crippen LogP contribution in [0, 0.1) is 11.6 Å². The van der Waals surface area contributed by atoms with Gasteiger partial charge in [0.15, 0.2) is 12.6 Å². The van der Waals surface area contributed by atoms with Crippen LogP contribution in [-0.4, -0.2) is 94.3 Å². The number of halogens is 3. The Morgan fingerprint density at radius 3 is 2.79 bits per heavy atom. The van der Waals surface area contributed by atoms with Crippen molar-refractivity contribution in [3.8, 4) is 23.0 Å². The van der Waals surface area contributed by atoms with Crippen molar-refractivity contribution in [2.75, 3.05) is 63.1 Å². The Labute approximate surface area is 274 Å². The number of pyridine rings is 1. The lowest BCUT2D eigenvalue weighted by Gasteiger charge is -2.31. The minimum absolute atomic E-state index is 0.00162. The summed E-state index contributed by atoms with van der Waals surface area (Å²) in [5.41, 5.74) is 0.334. The number of methoxy groups -OCH3 is 1. The Morgan fingerprint density at radius 1 is 1.09 bits per heavy atom. The Bertz CT molecular complexity index is 1800. The number of fused-ring (bicyclic) bond motifs is 3. The number of aryl methyl sites for hydroxylation is 1. The monoisotopic (exact) mass is 669 g/mol. The SMILES string of the molecule is CCc1c(F)ccc2cc(OCOC)cc(-c3ncc4c(N5CCC[S+]([O-])CC5)nc(OC[C@@]56CCCN5C[C@H](F)C6)nc4c3F)c12. The highest BCUT2D eigenvalue weighted by molar-refractivity contribution is 7.91. The van der Waals surface area contributed by atoms with Gasteiger partial charge >= 0.3 is 6.01 Å². The fourth-order valence-corrected chi connectivity index (χ4v) is 8.53. The highest BCUT2D eigenvalue weighted by atomic mass is 32.2. The topological polar surface area (TPSA) is 95.9 Å².